The summed E-state index contributed by atoms with van der Waals surface area (Å²) >= 11 is 6.23. The first kappa shape index (κ1) is 84.7. The smallest absolute Gasteiger partial charge is 0.263 e. The van der Waals surface area contributed by atoms with Crippen molar-refractivity contribution in [2.24, 2.45) is 0 Å². The zero-order valence-corrected chi connectivity index (χ0v) is 71.0. The molecule has 10 aromatic heterocycles. The molecule has 16 rings (SSSR count). The number of nitrogens with two attached hydrogens (primary N) is 5. The number of ether oxygens (including phenoxy) is 1. The average molecular weight is 1680 g/mol. The van der Waals surface area contributed by atoms with Crippen LogP contribution in [0.3, 0.4) is 0 Å². The lowest BCUT2D eigenvalue weighted by atomic mass is 10.1. The number of aromatic nitrogens is 10. The quantitative estimate of drug-likeness (QED) is 0.0456. The number of nitrogens with one attached hydrogen (secondary N) is 5. The number of carbonyl (C=O) groups is 5. The molecule has 606 valence electrons. The summed E-state index contributed by atoms with van der Waals surface area (Å²) in [6.45, 7) is 26.9. The number of anilines is 5. The van der Waals surface area contributed by atoms with Crippen molar-refractivity contribution in [3.63, 3.8) is 0 Å². The van der Waals surface area contributed by atoms with Gasteiger partial charge in [0.05, 0.1) is 63.5 Å². The molecule has 0 radical (unpaired) electrons. The van der Waals surface area contributed by atoms with E-state index in [9.17, 15) is 32.8 Å². The Morgan fingerprint density at radius 2 is 0.695 bits per heavy atom. The van der Waals surface area contributed by atoms with E-state index in [2.05, 4.69) is 83.6 Å². The van der Waals surface area contributed by atoms with Crippen molar-refractivity contribution in [3.05, 3.63) is 252 Å². The third-order valence-electron chi connectivity index (χ3n) is 20.1. The van der Waals surface area contributed by atoms with Gasteiger partial charge in [-0.15, -0.1) is 82.2 Å². The van der Waals surface area contributed by atoms with Crippen molar-refractivity contribution in [2.45, 2.75) is 129 Å². The Hall–Kier alpha value is -12.7. The highest BCUT2D eigenvalue weighted by Gasteiger charge is 2.26. The Bertz CT molecular complexity index is 6320. The van der Waals surface area contributed by atoms with Crippen molar-refractivity contribution >= 4 is 166 Å². The molecule has 0 unspecified atom stereocenters. The van der Waals surface area contributed by atoms with Gasteiger partial charge >= 0.3 is 0 Å². The fraction of sp³-hybridized carbons (Fsp3) is 0.235. The maximum atomic E-state index is 14.0. The minimum absolute atomic E-state index is 0.101. The first-order valence-corrected chi connectivity index (χ1v) is 41.3. The van der Waals surface area contributed by atoms with E-state index in [4.69, 9.17) is 33.4 Å². The summed E-state index contributed by atoms with van der Waals surface area (Å²) in [5.41, 5.74) is 49.7. The monoisotopic (exact) mass is 1680 g/mol. The summed E-state index contributed by atoms with van der Waals surface area (Å²) in [6.07, 6.45) is 0.914. The SMILES string of the molecule is Cc1ccc(F)c(CNC(=O)c2sc3nnc(C)c(C)c3c2N)c1.Cc1cccc(CNC(=O)c2sc3nnc(C)c(C)c3c2N)c1.Cc1cccc(CNC(=O)c2sc3nnc(C)c(C)c3c2N)c1F.Cc1nnc2sc(C(=O)NCc3ccc4c(c3)CCO4)c(N)c2c1C.Cc1nnc2sc(C(=O)NCc3ccccc3)c(N)c2c1C. The summed E-state index contributed by atoms with van der Waals surface area (Å²) in [5, 5.41) is 59.3. The minimum Gasteiger partial charge on any atom is -0.493 e. The summed E-state index contributed by atoms with van der Waals surface area (Å²) in [6, 6.07) is 33.7. The zero-order valence-electron chi connectivity index (χ0n) is 66.9. The predicted octanol–water partition coefficient (Wildman–Crippen LogP) is 15.2. The molecule has 5 aromatic carbocycles. The van der Waals surface area contributed by atoms with Gasteiger partial charge in [-0.25, -0.2) is 8.78 Å². The van der Waals surface area contributed by atoms with E-state index >= 15 is 0 Å². The van der Waals surface area contributed by atoms with E-state index < -0.39 is 0 Å². The van der Waals surface area contributed by atoms with Crippen molar-refractivity contribution in [2.75, 3.05) is 35.3 Å². The molecule has 0 spiro atoms. The van der Waals surface area contributed by atoms with Crippen molar-refractivity contribution in [1.82, 2.24) is 77.6 Å². The number of amides is 5. The molecule has 1 aliphatic rings. The number of fused-ring (bicyclic) bond motifs is 6. The summed E-state index contributed by atoms with van der Waals surface area (Å²) in [4.78, 5) is 67.9. The van der Waals surface area contributed by atoms with Gasteiger partial charge in [-0.05, 0) is 158 Å². The molecular weight excluding hydrogens is 1600 g/mol. The third-order valence-corrected chi connectivity index (χ3v) is 25.5. The standard InChI is InChI=1S/C18H18N4O2S.2C17H17FN4OS.C17H18N4OS.C16H16N4OS/c1-9-10(2)21-22-18-14(9)15(19)16(25-18)17(23)20-8-11-3-4-13-12(7-11)5-6-24-13;1-8-4-5-12(18)11(6-8)7-20-16(23)15-14(19)13-9(2)10(3)21-22-17(13)24-15;1-8-5-4-6-11(13(8)18)7-20-16(23)15-14(19)12-9(2)10(3)21-22-17(12)24-15;1-9-5-4-6-12(7-9)8-19-16(22)15-14(18)13-10(2)11(3)20-21-17(13)23-15;1-9-10(2)19-20-16-12(9)13(17)14(22-16)15(21)18-8-11-6-4-3-5-7-11/h3-4,7H,5-6,8,19H2,1-2H3,(H,20,23);2*4-6H,7,19H2,1-3H3,(H,20,23);4-7H,8,18H2,1-3H3,(H,19,22);3-7H,8,17H2,1-2H3,(H,18,21). The molecule has 0 fully saturated rings. The van der Waals surface area contributed by atoms with Crippen LogP contribution in [0.2, 0.25) is 0 Å². The minimum atomic E-state index is -0.345. The maximum Gasteiger partial charge on any atom is 0.263 e. The highest BCUT2D eigenvalue weighted by atomic mass is 32.1. The molecular formula is C85H86F2N20O6S5. The molecule has 11 heterocycles. The lowest BCUT2D eigenvalue weighted by molar-refractivity contribution is 0.0947. The van der Waals surface area contributed by atoms with Crippen LogP contribution in [0.1, 0.15) is 155 Å². The zero-order chi connectivity index (χ0) is 84.7. The van der Waals surface area contributed by atoms with Crippen molar-refractivity contribution in [3.8, 4) is 5.75 Å². The van der Waals surface area contributed by atoms with E-state index in [0.717, 1.165) is 124 Å². The number of carbonyl (C=O) groups excluding carboxylic acids is 5. The van der Waals surface area contributed by atoms with Crippen LogP contribution in [0.25, 0.3) is 51.1 Å². The molecule has 5 amide bonds. The van der Waals surface area contributed by atoms with Crippen LogP contribution in [0.4, 0.5) is 37.2 Å². The van der Waals surface area contributed by atoms with Crippen LogP contribution in [-0.2, 0) is 39.1 Å². The van der Waals surface area contributed by atoms with Gasteiger partial charge in [0, 0.05) is 77.2 Å². The van der Waals surface area contributed by atoms with Crippen LogP contribution >= 0.6 is 56.7 Å². The topological polar surface area (TPSA) is 414 Å². The Morgan fingerprint density at radius 3 is 1.08 bits per heavy atom. The highest BCUT2D eigenvalue weighted by Crippen LogP contribution is 2.40. The van der Waals surface area contributed by atoms with Crippen LogP contribution in [0.5, 0.6) is 5.75 Å². The second kappa shape index (κ2) is 36.6. The normalized spacial score (nSPS) is 11.3. The van der Waals surface area contributed by atoms with Gasteiger partial charge in [0.15, 0.2) is 0 Å². The number of aryl methyl sites for hydroxylation is 13. The number of nitrogen functional groups attached to an aromatic ring is 5. The summed E-state index contributed by atoms with van der Waals surface area (Å²) < 4.78 is 33.3. The number of thiophene rings is 5. The van der Waals surface area contributed by atoms with Crippen LogP contribution in [-0.4, -0.2) is 87.1 Å². The van der Waals surface area contributed by atoms with Gasteiger partial charge in [-0.2, -0.15) is 25.5 Å². The van der Waals surface area contributed by atoms with E-state index in [1.807, 2.05) is 150 Å². The first-order valence-electron chi connectivity index (χ1n) is 37.2. The summed E-state index contributed by atoms with van der Waals surface area (Å²) in [7, 11) is 0. The molecule has 0 saturated heterocycles. The number of halogens is 2. The Balaban J connectivity index is 0.000000136. The molecule has 26 nitrogen and oxygen atoms in total. The predicted molar refractivity (Wildman–Crippen MR) is 468 cm³/mol. The van der Waals surface area contributed by atoms with Crippen molar-refractivity contribution < 1.29 is 37.5 Å². The fourth-order valence-corrected chi connectivity index (χ4v) is 17.9. The maximum absolute atomic E-state index is 14.0. The van der Waals surface area contributed by atoms with Crippen molar-refractivity contribution in [1.29, 1.82) is 0 Å². The number of nitrogens with zero attached hydrogens (tertiary/aromatic N) is 10. The molecule has 1 aliphatic heterocycles. The third kappa shape index (κ3) is 18.6. The molecule has 0 aliphatic carbocycles. The van der Waals surface area contributed by atoms with Gasteiger partial charge in [0.1, 0.15) is 65.9 Å². The van der Waals surface area contributed by atoms with Crippen LogP contribution in [0, 0.1) is 102 Å². The second-order valence-electron chi connectivity index (χ2n) is 28.2. The molecule has 15 aromatic rings. The van der Waals surface area contributed by atoms with Gasteiger partial charge in [0.25, 0.3) is 29.5 Å². The highest BCUT2D eigenvalue weighted by molar-refractivity contribution is 7.22. The van der Waals surface area contributed by atoms with Gasteiger partial charge in [-0.3, -0.25) is 24.0 Å². The largest absolute Gasteiger partial charge is 0.493 e. The second-order valence-corrected chi connectivity index (χ2v) is 33.2. The molecule has 0 atom stereocenters. The molecule has 118 heavy (non-hydrogen) atoms. The van der Waals surface area contributed by atoms with Crippen LogP contribution in [0.15, 0.2) is 109 Å². The number of benzene rings is 5. The molecule has 0 bridgehead atoms. The van der Waals surface area contributed by atoms with Gasteiger partial charge in [0.2, 0.25) is 0 Å². The molecule has 33 heteroatoms. The number of hydrogen-bond donors (Lipinski definition) is 10. The molecule has 15 N–H and O–H groups in total. The fourth-order valence-electron chi connectivity index (χ4n) is 12.8. The van der Waals surface area contributed by atoms with Gasteiger partial charge in [-0.1, -0.05) is 108 Å². The van der Waals surface area contributed by atoms with E-state index in [1.165, 1.54) is 73.9 Å². The van der Waals surface area contributed by atoms with E-state index in [-0.39, 0.29) is 54.3 Å². The Morgan fingerprint density at radius 1 is 0.356 bits per heavy atom. The first-order chi connectivity index (χ1) is 56.4. The Kier molecular flexibility index (Phi) is 26.3. The average Bonchev–Trinajstić information content (AvgIpc) is 1.65. The van der Waals surface area contributed by atoms with E-state index in [0.29, 0.717) is 113 Å². The van der Waals surface area contributed by atoms with Crippen LogP contribution < -0.4 is 60.0 Å². The number of rotatable bonds is 15. The van der Waals surface area contributed by atoms with E-state index in [1.54, 1.807) is 37.3 Å². The summed E-state index contributed by atoms with van der Waals surface area (Å²) in [5.74, 6) is -0.933. The lowest BCUT2D eigenvalue weighted by Crippen LogP contribution is -2.23. The number of hydrogen-bond acceptors (Lipinski definition) is 26. The van der Waals surface area contributed by atoms with Gasteiger partial charge < -0.3 is 60.0 Å². The Labute approximate surface area is 697 Å². The lowest BCUT2D eigenvalue weighted by Gasteiger charge is -2.07. The molecule has 0 saturated carbocycles.